The number of rotatable bonds is 4. The first-order valence-electron chi connectivity index (χ1n) is 7.44. The third-order valence-corrected chi connectivity index (χ3v) is 3.93. The SMILES string of the molecule is COc1ncc(C)c2c(NC(C)c3ccccc3)cccc12. The zero-order chi connectivity index (χ0) is 15.5. The van der Waals surface area contributed by atoms with Gasteiger partial charge in [0.05, 0.1) is 7.11 Å². The number of benzene rings is 2. The lowest BCUT2D eigenvalue weighted by Gasteiger charge is -2.18. The second kappa shape index (κ2) is 6.06. The Balaban J connectivity index is 2.04. The molecule has 1 aromatic heterocycles. The Morgan fingerprint density at radius 2 is 1.82 bits per heavy atom. The van der Waals surface area contributed by atoms with Gasteiger partial charge < -0.3 is 10.1 Å². The van der Waals surface area contributed by atoms with E-state index in [9.17, 15) is 0 Å². The topological polar surface area (TPSA) is 34.1 Å². The maximum absolute atomic E-state index is 5.39. The summed E-state index contributed by atoms with van der Waals surface area (Å²) in [6.07, 6.45) is 1.86. The van der Waals surface area contributed by atoms with Gasteiger partial charge in [0.25, 0.3) is 0 Å². The van der Waals surface area contributed by atoms with Gasteiger partial charge in [-0.15, -0.1) is 0 Å². The number of fused-ring (bicyclic) bond motifs is 1. The van der Waals surface area contributed by atoms with Gasteiger partial charge >= 0.3 is 0 Å². The molecule has 0 saturated carbocycles. The molecule has 0 fully saturated rings. The summed E-state index contributed by atoms with van der Waals surface area (Å²) >= 11 is 0. The largest absolute Gasteiger partial charge is 0.481 e. The lowest BCUT2D eigenvalue weighted by molar-refractivity contribution is 0.403. The first-order chi connectivity index (χ1) is 10.7. The van der Waals surface area contributed by atoms with Crippen LogP contribution in [0.25, 0.3) is 10.8 Å². The predicted molar refractivity (Wildman–Crippen MR) is 91.5 cm³/mol. The monoisotopic (exact) mass is 292 g/mol. The molecule has 3 rings (SSSR count). The molecule has 0 aliphatic carbocycles. The first kappa shape index (κ1) is 14.4. The smallest absolute Gasteiger partial charge is 0.221 e. The lowest BCUT2D eigenvalue weighted by atomic mass is 10.0. The van der Waals surface area contributed by atoms with E-state index in [4.69, 9.17) is 4.74 Å². The molecule has 1 unspecified atom stereocenters. The van der Waals surface area contributed by atoms with Crippen molar-refractivity contribution in [2.24, 2.45) is 0 Å². The summed E-state index contributed by atoms with van der Waals surface area (Å²) in [5.74, 6) is 0.664. The number of methoxy groups -OCH3 is 1. The third kappa shape index (κ3) is 2.62. The second-order valence-corrected chi connectivity index (χ2v) is 5.46. The van der Waals surface area contributed by atoms with E-state index in [0.29, 0.717) is 5.88 Å². The highest BCUT2D eigenvalue weighted by Crippen LogP contribution is 2.33. The predicted octanol–water partition coefficient (Wildman–Crippen LogP) is 4.72. The van der Waals surface area contributed by atoms with Crippen molar-refractivity contribution in [2.75, 3.05) is 12.4 Å². The van der Waals surface area contributed by atoms with Gasteiger partial charge in [0.2, 0.25) is 5.88 Å². The van der Waals surface area contributed by atoms with E-state index >= 15 is 0 Å². The summed E-state index contributed by atoms with van der Waals surface area (Å²) in [7, 11) is 1.66. The van der Waals surface area contributed by atoms with Gasteiger partial charge in [0.1, 0.15) is 0 Å². The van der Waals surface area contributed by atoms with E-state index < -0.39 is 0 Å². The quantitative estimate of drug-likeness (QED) is 0.755. The van der Waals surface area contributed by atoms with Gasteiger partial charge in [-0.25, -0.2) is 4.98 Å². The number of hydrogen-bond acceptors (Lipinski definition) is 3. The van der Waals surface area contributed by atoms with Crippen molar-refractivity contribution in [2.45, 2.75) is 19.9 Å². The van der Waals surface area contributed by atoms with Crippen LogP contribution in [0.5, 0.6) is 5.88 Å². The van der Waals surface area contributed by atoms with Gasteiger partial charge in [0.15, 0.2) is 0 Å². The molecule has 1 atom stereocenters. The molecule has 2 aromatic carbocycles. The Hall–Kier alpha value is -2.55. The van der Waals surface area contributed by atoms with Crippen LogP contribution in [0.2, 0.25) is 0 Å². The van der Waals surface area contributed by atoms with Crippen molar-refractivity contribution in [1.82, 2.24) is 4.98 Å². The first-order valence-corrected chi connectivity index (χ1v) is 7.44. The van der Waals surface area contributed by atoms with Crippen LogP contribution in [0.15, 0.2) is 54.7 Å². The molecular weight excluding hydrogens is 272 g/mol. The van der Waals surface area contributed by atoms with Gasteiger partial charge in [-0.1, -0.05) is 36.4 Å². The molecule has 1 heterocycles. The fraction of sp³-hybridized carbons (Fsp3) is 0.211. The normalized spacial score (nSPS) is 12.1. The molecule has 22 heavy (non-hydrogen) atoms. The molecule has 112 valence electrons. The van der Waals surface area contributed by atoms with Crippen LogP contribution in [0.3, 0.4) is 0 Å². The number of nitrogens with zero attached hydrogens (tertiary/aromatic N) is 1. The van der Waals surface area contributed by atoms with Crippen LogP contribution in [0, 0.1) is 6.92 Å². The zero-order valence-corrected chi connectivity index (χ0v) is 13.1. The summed E-state index contributed by atoms with van der Waals surface area (Å²) in [4.78, 5) is 4.35. The van der Waals surface area contributed by atoms with Crippen molar-refractivity contribution in [3.05, 3.63) is 65.9 Å². The Labute approximate surface area is 131 Å². The summed E-state index contributed by atoms with van der Waals surface area (Å²) in [6.45, 7) is 4.25. The number of pyridine rings is 1. The highest BCUT2D eigenvalue weighted by atomic mass is 16.5. The Bertz CT molecular complexity index is 784. The lowest BCUT2D eigenvalue weighted by Crippen LogP contribution is -2.07. The van der Waals surface area contributed by atoms with Crippen LogP contribution >= 0.6 is 0 Å². The van der Waals surface area contributed by atoms with Crippen LogP contribution in [-0.4, -0.2) is 12.1 Å². The number of nitrogens with one attached hydrogen (secondary N) is 1. The molecule has 0 aliphatic rings. The van der Waals surface area contributed by atoms with Crippen LogP contribution < -0.4 is 10.1 Å². The summed E-state index contributed by atoms with van der Waals surface area (Å²) in [5, 5.41) is 5.81. The van der Waals surface area contributed by atoms with Crippen LogP contribution in [-0.2, 0) is 0 Å². The van der Waals surface area contributed by atoms with Crippen LogP contribution in [0.4, 0.5) is 5.69 Å². The van der Waals surface area contributed by atoms with Crippen molar-refractivity contribution >= 4 is 16.5 Å². The fourth-order valence-corrected chi connectivity index (χ4v) is 2.79. The molecule has 0 radical (unpaired) electrons. The van der Waals surface area contributed by atoms with Gasteiger partial charge in [-0.2, -0.15) is 0 Å². The minimum Gasteiger partial charge on any atom is -0.481 e. The molecule has 0 saturated heterocycles. The van der Waals surface area contributed by atoms with E-state index in [0.717, 1.165) is 22.0 Å². The minimum atomic E-state index is 0.227. The van der Waals surface area contributed by atoms with Crippen molar-refractivity contribution < 1.29 is 4.74 Å². The molecule has 3 nitrogen and oxygen atoms in total. The zero-order valence-electron chi connectivity index (χ0n) is 13.1. The Morgan fingerprint density at radius 3 is 2.55 bits per heavy atom. The van der Waals surface area contributed by atoms with Gasteiger partial charge in [-0.05, 0) is 37.1 Å². The molecule has 0 spiro atoms. The van der Waals surface area contributed by atoms with Crippen molar-refractivity contribution in [3.63, 3.8) is 0 Å². The summed E-state index contributed by atoms with van der Waals surface area (Å²) in [6, 6.07) is 16.9. The fourth-order valence-electron chi connectivity index (χ4n) is 2.79. The molecular formula is C19H20N2O. The Kier molecular flexibility index (Phi) is 3.96. The number of aromatic nitrogens is 1. The highest BCUT2D eigenvalue weighted by Gasteiger charge is 2.12. The van der Waals surface area contributed by atoms with Crippen LogP contribution in [0.1, 0.15) is 24.1 Å². The number of ether oxygens (including phenoxy) is 1. The maximum atomic E-state index is 5.39. The number of anilines is 1. The number of hydrogen-bond donors (Lipinski definition) is 1. The van der Waals surface area contributed by atoms with Crippen molar-refractivity contribution in [1.29, 1.82) is 0 Å². The molecule has 0 amide bonds. The van der Waals surface area contributed by atoms with E-state index in [1.165, 1.54) is 5.56 Å². The van der Waals surface area contributed by atoms with Crippen molar-refractivity contribution in [3.8, 4) is 5.88 Å². The van der Waals surface area contributed by atoms with Gasteiger partial charge in [-0.3, -0.25) is 0 Å². The summed E-state index contributed by atoms with van der Waals surface area (Å²) in [5.41, 5.74) is 3.50. The molecule has 3 aromatic rings. The third-order valence-electron chi connectivity index (χ3n) is 3.93. The van der Waals surface area contributed by atoms with E-state index in [2.05, 4.69) is 54.5 Å². The van der Waals surface area contributed by atoms with Gasteiger partial charge in [0, 0.05) is 28.7 Å². The molecule has 1 N–H and O–H groups in total. The maximum Gasteiger partial charge on any atom is 0.221 e. The summed E-state index contributed by atoms with van der Waals surface area (Å²) < 4.78 is 5.39. The van der Waals surface area contributed by atoms with E-state index in [1.54, 1.807) is 7.11 Å². The minimum absolute atomic E-state index is 0.227. The highest BCUT2D eigenvalue weighted by molar-refractivity contribution is 5.99. The average Bonchev–Trinajstić information content (AvgIpc) is 2.56. The number of aryl methyl sites for hydroxylation is 1. The average molecular weight is 292 g/mol. The Morgan fingerprint density at radius 1 is 1.05 bits per heavy atom. The molecule has 3 heteroatoms. The molecule has 0 aliphatic heterocycles. The van der Waals surface area contributed by atoms with E-state index in [-0.39, 0.29) is 6.04 Å². The second-order valence-electron chi connectivity index (χ2n) is 5.46. The standard InChI is InChI=1S/C19H20N2O/c1-13-12-20-19(22-3)16-10-7-11-17(18(13)16)21-14(2)15-8-5-4-6-9-15/h4-12,14,21H,1-3H3. The van der Waals surface area contributed by atoms with E-state index in [1.807, 2.05) is 24.4 Å². The molecule has 0 bridgehead atoms.